The molecule has 2 aliphatic heterocycles. The lowest BCUT2D eigenvalue weighted by Crippen LogP contribution is -2.32. The quantitative estimate of drug-likeness (QED) is 0.244. The first-order chi connectivity index (χ1) is 20.9. The molecule has 0 aliphatic carbocycles. The third kappa shape index (κ3) is 4.80. The maximum atomic E-state index is 13.9. The molecule has 43 heavy (non-hydrogen) atoms. The fourth-order valence-electron chi connectivity index (χ4n) is 5.73. The Kier molecular flexibility index (Phi) is 6.83. The number of anilines is 2. The van der Waals surface area contributed by atoms with E-state index in [1.54, 1.807) is 24.3 Å². The zero-order valence-electron chi connectivity index (χ0n) is 22.3. The van der Waals surface area contributed by atoms with Crippen molar-refractivity contribution in [3.63, 3.8) is 0 Å². The van der Waals surface area contributed by atoms with Crippen molar-refractivity contribution in [1.29, 1.82) is 0 Å². The SMILES string of the molecule is O=C(COc1ccccc1[C@H]1c2sc(=O)[nH]c2SC2C(=O)N(c3ccc(F)cc3)C(=O)C21)Nc1cccc2ccccc12. The van der Waals surface area contributed by atoms with Crippen LogP contribution in [0.3, 0.4) is 0 Å². The number of ether oxygens (including phenoxy) is 1. The van der Waals surface area contributed by atoms with Crippen LogP contribution in [-0.2, 0) is 14.4 Å². The van der Waals surface area contributed by atoms with Crippen LogP contribution in [-0.4, -0.2) is 34.6 Å². The summed E-state index contributed by atoms with van der Waals surface area (Å²) >= 11 is 2.13. The molecule has 214 valence electrons. The molecule has 1 aromatic heterocycles. The van der Waals surface area contributed by atoms with Crippen LogP contribution in [0.2, 0.25) is 0 Å². The highest BCUT2D eigenvalue weighted by molar-refractivity contribution is 8.00. The molecule has 0 bridgehead atoms. The topological polar surface area (TPSA) is 109 Å². The highest BCUT2D eigenvalue weighted by Crippen LogP contribution is 2.54. The van der Waals surface area contributed by atoms with Crippen molar-refractivity contribution in [2.24, 2.45) is 5.92 Å². The van der Waals surface area contributed by atoms with Crippen LogP contribution in [0.25, 0.3) is 10.8 Å². The van der Waals surface area contributed by atoms with Gasteiger partial charge in [-0.3, -0.25) is 19.2 Å². The number of aromatic nitrogens is 1. The summed E-state index contributed by atoms with van der Waals surface area (Å²) in [5.41, 5.74) is 1.51. The molecule has 0 saturated carbocycles. The van der Waals surface area contributed by atoms with Crippen LogP contribution in [0.4, 0.5) is 15.8 Å². The van der Waals surface area contributed by atoms with E-state index in [-0.39, 0.29) is 23.1 Å². The van der Waals surface area contributed by atoms with Gasteiger partial charge in [-0.05, 0) is 41.8 Å². The van der Waals surface area contributed by atoms with Gasteiger partial charge in [-0.25, -0.2) is 9.29 Å². The molecular weight excluding hydrogens is 590 g/mol. The van der Waals surface area contributed by atoms with E-state index in [2.05, 4.69) is 10.3 Å². The Morgan fingerprint density at radius 2 is 1.65 bits per heavy atom. The van der Waals surface area contributed by atoms with Crippen molar-refractivity contribution >= 4 is 63.0 Å². The minimum atomic E-state index is -0.851. The Hall–Kier alpha value is -4.74. The monoisotopic (exact) mass is 611 g/mol. The van der Waals surface area contributed by atoms with Crippen LogP contribution in [0, 0.1) is 11.7 Å². The number of rotatable bonds is 6. The summed E-state index contributed by atoms with van der Waals surface area (Å²) < 4.78 is 19.7. The van der Waals surface area contributed by atoms with Crippen LogP contribution in [0.1, 0.15) is 16.4 Å². The Balaban J connectivity index is 1.21. The van der Waals surface area contributed by atoms with Gasteiger partial charge in [0, 0.05) is 27.4 Å². The highest BCUT2D eigenvalue weighted by atomic mass is 32.2. The molecule has 11 heteroatoms. The first-order valence-corrected chi connectivity index (χ1v) is 15.1. The van der Waals surface area contributed by atoms with Crippen molar-refractivity contribution in [2.45, 2.75) is 16.2 Å². The van der Waals surface area contributed by atoms with Crippen molar-refractivity contribution in [1.82, 2.24) is 4.98 Å². The van der Waals surface area contributed by atoms with Gasteiger partial charge in [0.1, 0.15) is 16.8 Å². The predicted octanol–water partition coefficient (Wildman–Crippen LogP) is 5.54. The normalized spacial score (nSPS) is 19.3. The number of hydrogen-bond donors (Lipinski definition) is 2. The number of para-hydroxylation sites is 1. The van der Waals surface area contributed by atoms with E-state index in [0.717, 1.165) is 38.8 Å². The van der Waals surface area contributed by atoms with Crippen molar-refractivity contribution in [3.8, 4) is 5.75 Å². The number of aromatic amines is 1. The van der Waals surface area contributed by atoms with Gasteiger partial charge in [0.15, 0.2) is 6.61 Å². The Morgan fingerprint density at radius 3 is 2.49 bits per heavy atom. The fraction of sp³-hybridized carbons (Fsp3) is 0.125. The zero-order valence-corrected chi connectivity index (χ0v) is 23.9. The number of H-pyrrole nitrogens is 1. The number of nitrogens with zero attached hydrogens (tertiary/aromatic N) is 1. The summed E-state index contributed by atoms with van der Waals surface area (Å²) in [7, 11) is 0. The number of carbonyl (C=O) groups excluding carboxylic acids is 3. The molecular formula is C32H22FN3O5S2. The van der Waals surface area contributed by atoms with Crippen molar-refractivity contribution in [3.05, 3.63) is 117 Å². The number of nitrogens with one attached hydrogen (secondary N) is 2. The van der Waals surface area contributed by atoms with Gasteiger partial charge in [0.25, 0.3) is 5.91 Å². The molecule has 2 aliphatic rings. The second kappa shape index (κ2) is 10.8. The number of carbonyl (C=O) groups is 3. The molecule has 5 aromatic rings. The van der Waals surface area contributed by atoms with Crippen LogP contribution in [0.5, 0.6) is 5.75 Å². The maximum Gasteiger partial charge on any atom is 0.305 e. The molecule has 1 fully saturated rings. The van der Waals surface area contributed by atoms with E-state index in [1.807, 2.05) is 42.5 Å². The minimum absolute atomic E-state index is 0.275. The first kappa shape index (κ1) is 27.1. The number of halogens is 1. The van der Waals surface area contributed by atoms with Crippen molar-refractivity contribution in [2.75, 3.05) is 16.8 Å². The summed E-state index contributed by atoms with van der Waals surface area (Å²) in [5.74, 6) is -2.93. The van der Waals surface area contributed by atoms with Crippen LogP contribution in [0.15, 0.2) is 101 Å². The fourth-order valence-corrected chi connectivity index (χ4v) is 8.24. The van der Waals surface area contributed by atoms with Gasteiger partial charge in [-0.1, -0.05) is 77.7 Å². The Morgan fingerprint density at radius 1 is 0.907 bits per heavy atom. The molecule has 3 atom stereocenters. The summed E-state index contributed by atoms with van der Waals surface area (Å²) in [5, 5.41) is 4.50. The third-order valence-electron chi connectivity index (χ3n) is 7.59. The summed E-state index contributed by atoms with van der Waals surface area (Å²) in [6.07, 6.45) is 0. The average molecular weight is 612 g/mol. The van der Waals surface area contributed by atoms with E-state index in [9.17, 15) is 23.6 Å². The smallest absolute Gasteiger partial charge is 0.305 e. The molecule has 1 saturated heterocycles. The molecule has 3 heterocycles. The van der Waals surface area contributed by atoms with Crippen LogP contribution < -0.4 is 19.8 Å². The number of hydrogen-bond acceptors (Lipinski definition) is 7. The van der Waals surface area contributed by atoms with E-state index in [4.69, 9.17) is 4.74 Å². The largest absolute Gasteiger partial charge is 0.483 e. The van der Waals surface area contributed by atoms with E-state index < -0.39 is 34.7 Å². The van der Waals surface area contributed by atoms with E-state index in [1.165, 1.54) is 24.3 Å². The predicted molar refractivity (Wildman–Crippen MR) is 163 cm³/mol. The summed E-state index contributed by atoms with van der Waals surface area (Å²) in [6, 6.07) is 25.6. The second-order valence-corrected chi connectivity index (χ2v) is 12.3. The standard InChI is InChI=1S/C32H22FN3O5S2/c33-18-12-14-19(15-13-18)36-30(38)26-25(27-29(35-32(40)43-27)42-28(26)31(36)39)21-9-3-4-11-23(21)41-16-24(37)34-22-10-5-7-17-6-1-2-8-20(17)22/h1-15,25-26,28H,16H2,(H,34,37)(H,35,40)/t25-,26?,28?/m1/s1. The molecule has 4 aromatic carbocycles. The van der Waals surface area contributed by atoms with Gasteiger partial charge in [0.05, 0.1) is 16.6 Å². The molecule has 2 unspecified atom stereocenters. The zero-order chi connectivity index (χ0) is 29.7. The molecule has 8 nitrogen and oxygen atoms in total. The van der Waals surface area contributed by atoms with E-state index in [0.29, 0.717) is 26.9 Å². The molecule has 0 spiro atoms. The lowest BCUT2D eigenvalue weighted by Gasteiger charge is -2.30. The Bertz CT molecular complexity index is 1970. The summed E-state index contributed by atoms with van der Waals surface area (Å²) in [4.78, 5) is 57.2. The van der Waals surface area contributed by atoms with Gasteiger partial charge in [-0.15, -0.1) is 0 Å². The van der Waals surface area contributed by atoms with Gasteiger partial charge >= 0.3 is 4.87 Å². The lowest BCUT2D eigenvalue weighted by atomic mass is 9.82. The number of imide groups is 1. The number of thiazole rings is 1. The highest BCUT2D eigenvalue weighted by Gasteiger charge is 2.56. The van der Waals surface area contributed by atoms with Gasteiger partial charge in [-0.2, -0.15) is 0 Å². The van der Waals surface area contributed by atoms with Crippen LogP contribution >= 0.6 is 23.1 Å². The number of fused-ring (bicyclic) bond motifs is 3. The first-order valence-electron chi connectivity index (χ1n) is 13.4. The second-order valence-electron chi connectivity index (χ2n) is 10.1. The third-order valence-corrected chi connectivity index (χ3v) is 9.99. The molecule has 0 radical (unpaired) electrons. The number of amides is 3. The number of benzene rings is 4. The lowest BCUT2D eigenvalue weighted by molar-refractivity contribution is -0.122. The minimum Gasteiger partial charge on any atom is -0.483 e. The Labute approximate surface area is 252 Å². The molecule has 7 rings (SSSR count). The average Bonchev–Trinajstić information content (AvgIpc) is 3.51. The van der Waals surface area contributed by atoms with Gasteiger partial charge < -0.3 is 15.0 Å². The van der Waals surface area contributed by atoms with Crippen molar-refractivity contribution < 1.29 is 23.5 Å². The molecule has 2 N–H and O–H groups in total. The molecule has 3 amide bonds. The number of thioether (sulfide) groups is 1. The summed E-state index contributed by atoms with van der Waals surface area (Å²) in [6.45, 7) is -0.305. The maximum absolute atomic E-state index is 13.9. The van der Waals surface area contributed by atoms with Gasteiger partial charge in [0.2, 0.25) is 11.8 Å². The van der Waals surface area contributed by atoms with E-state index >= 15 is 0 Å².